The summed E-state index contributed by atoms with van der Waals surface area (Å²) in [6.45, 7) is 2.35. The molecule has 7 nitrogen and oxygen atoms in total. The van der Waals surface area contributed by atoms with Crippen LogP contribution in [0.4, 0.5) is 4.39 Å². The number of carbonyl (C=O) groups excluding carboxylic acids is 2. The number of esters is 1. The molecule has 0 fully saturated rings. The highest BCUT2D eigenvalue weighted by molar-refractivity contribution is 7.89. The Morgan fingerprint density at radius 3 is 2.45 bits per heavy atom. The molecule has 0 aliphatic carbocycles. The quantitative estimate of drug-likeness (QED) is 0.719. The van der Waals surface area contributed by atoms with Gasteiger partial charge >= 0.3 is 5.97 Å². The molecule has 0 bridgehead atoms. The van der Waals surface area contributed by atoms with E-state index in [4.69, 9.17) is 21.1 Å². The van der Waals surface area contributed by atoms with Gasteiger partial charge in [0.2, 0.25) is 11.4 Å². The largest absolute Gasteiger partial charge is 0.456 e. The highest BCUT2D eigenvalue weighted by Gasteiger charge is 2.51. The van der Waals surface area contributed by atoms with E-state index >= 15 is 0 Å². The predicted octanol–water partition coefficient (Wildman–Crippen LogP) is 3.00. The third-order valence-corrected chi connectivity index (χ3v) is 5.78. The molecule has 3 rings (SSSR count). The van der Waals surface area contributed by atoms with Crippen molar-refractivity contribution in [2.75, 3.05) is 0 Å². The summed E-state index contributed by atoms with van der Waals surface area (Å²) in [6.07, 6.45) is 0. The average Bonchev–Trinajstić information content (AvgIpc) is 2.86. The van der Waals surface area contributed by atoms with Crippen LogP contribution in [0.2, 0.25) is 5.02 Å². The van der Waals surface area contributed by atoms with E-state index in [9.17, 15) is 22.4 Å². The van der Waals surface area contributed by atoms with Gasteiger partial charge in [-0.15, -0.1) is 0 Å². The molecule has 0 saturated carbocycles. The maximum absolute atomic E-state index is 13.4. The minimum atomic E-state index is -4.15. The number of hydrogen-bond donors (Lipinski definition) is 1. The topological polar surface area (TPSA) is 98.8 Å². The molecule has 0 radical (unpaired) electrons. The zero-order chi connectivity index (χ0) is 21.4. The third-order valence-electron chi connectivity index (χ3n) is 4.12. The second-order valence-electron chi connectivity index (χ2n) is 6.26. The summed E-state index contributed by atoms with van der Waals surface area (Å²) in [4.78, 5) is 24.4. The van der Waals surface area contributed by atoms with Crippen molar-refractivity contribution < 1.29 is 31.9 Å². The van der Waals surface area contributed by atoms with Crippen molar-refractivity contribution in [3.63, 3.8) is 0 Å². The Kier molecular flexibility index (Phi) is 5.38. The molecule has 0 saturated heterocycles. The van der Waals surface area contributed by atoms with Crippen LogP contribution in [0.25, 0.3) is 0 Å². The van der Waals surface area contributed by atoms with E-state index in [-0.39, 0.29) is 15.5 Å². The Bertz CT molecular complexity index is 1130. The molecular formula is C19H15ClFNO6S. The Labute approximate surface area is 171 Å². The molecule has 0 spiro atoms. The number of hydrogen-bond acceptors (Lipinski definition) is 6. The maximum Gasteiger partial charge on any atom is 0.308 e. The number of nitrogens with one attached hydrogen (secondary N) is 1. The van der Waals surface area contributed by atoms with Crippen molar-refractivity contribution >= 4 is 33.4 Å². The summed E-state index contributed by atoms with van der Waals surface area (Å²) in [5, 5.41) is -0.116. The Morgan fingerprint density at radius 1 is 1.21 bits per heavy atom. The SMILES string of the molecule is CC(=O)OC1=C(NS(=O)(=O)c2ccccc2)OC(C)(c2ccc(F)cc2Cl)C1=O. The van der Waals surface area contributed by atoms with Crippen LogP contribution in [0.15, 0.2) is 65.1 Å². The first-order valence-electron chi connectivity index (χ1n) is 8.24. The van der Waals surface area contributed by atoms with Gasteiger partial charge in [-0.2, -0.15) is 0 Å². The van der Waals surface area contributed by atoms with Crippen molar-refractivity contribution in [3.8, 4) is 0 Å². The third kappa shape index (κ3) is 3.96. The lowest BCUT2D eigenvalue weighted by atomic mass is 9.91. The van der Waals surface area contributed by atoms with Gasteiger partial charge in [-0.3, -0.25) is 9.59 Å². The molecule has 2 aromatic carbocycles. The van der Waals surface area contributed by atoms with Crippen molar-refractivity contribution in [1.82, 2.24) is 4.72 Å². The molecule has 1 aliphatic heterocycles. The molecule has 1 aliphatic rings. The van der Waals surface area contributed by atoms with Crippen molar-refractivity contribution in [3.05, 3.63) is 76.6 Å². The van der Waals surface area contributed by atoms with Crippen molar-refractivity contribution in [1.29, 1.82) is 0 Å². The van der Waals surface area contributed by atoms with Crippen LogP contribution in [0.5, 0.6) is 0 Å². The lowest BCUT2D eigenvalue weighted by Crippen LogP contribution is -2.33. The van der Waals surface area contributed by atoms with E-state index < -0.39 is 44.8 Å². The minimum Gasteiger partial charge on any atom is -0.456 e. The fourth-order valence-electron chi connectivity index (χ4n) is 2.75. The van der Waals surface area contributed by atoms with E-state index in [1.165, 1.54) is 37.3 Å². The number of benzene rings is 2. The van der Waals surface area contributed by atoms with Gasteiger partial charge in [0.1, 0.15) is 5.82 Å². The molecule has 1 atom stereocenters. The highest BCUT2D eigenvalue weighted by atomic mass is 35.5. The van der Waals surface area contributed by atoms with Gasteiger partial charge in [-0.05, 0) is 31.2 Å². The molecular weight excluding hydrogens is 425 g/mol. The van der Waals surface area contributed by atoms with Crippen LogP contribution in [0, 0.1) is 5.82 Å². The van der Waals surface area contributed by atoms with Crippen LogP contribution < -0.4 is 4.72 Å². The first kappa shape index (κ1) is 20.8. The van der Waals surface area contributed by atoms with Crippen LogP contribution in [0.3, 0.4) is 0 Å². The van der Waals surface area contributed by atoms with Crippen molar-refractivity contribution in [2.45, 2.75) is 24.3 Å². The number of Topliss-reactive ketones (excluding diaryl/α,β-unsaturated/α-hetero) is 1. The van der Waals surface area contributed by atoms with Gasteiger partial charge < -0.3 is 9.47 Å². The smallest absolute Gasteiger partial charge is 0.308 e. The molecule has 152 valence electrons. The van der Waals surface area contributed by atoms with Gasteiger partial charge in [0, 0.05) is 12.5 Å². The van der Waals surface area contributed by atoms with E-state index in [2.05, 4.69) is 4.72 Å². The Morgan fingerprint density at radius 2 is 1.86 bits per heavy atom. The second kappa shape index (κ2) is 7.49. The lowest BCUT2D eigenvalue weighted by molar-refractivity contribution is -0.142. The number of rotatable bonds is 5. The Hall–Kier alpha value is -2.91. The van der Waals surface area contributed by atoms with Gasteiger partial charge in [-0.25, -0.2) is 17.5 Å². The minimum absolute atomic E-state index is 0.0733. The molecule has 29 heavy (non-hydrogen) atoms. The summed E-state index contributed by atoms with van der Waals surface area (Å²) >= 11 is 6.06. The van der Waals surface area contributed by atoms with Crippen molar-refractivity contribution in [2.24, 2.45) is 0 Å². The fourth-order valence-corrected chi connectivity index (χ4v) is 4.11. The van der Waals surface area contributed by atoms with E-state index in [0.29, 0.717) is 0 Å². The summed E-state index contributed by atoms with van der Waals surface area (Å²) in [6, 6.07) is 10.6. The summed E-state index contributed by atoms with van der Waals surface area (Å²) in [5.74, 6) is -3.54. The van der Waals surface area contributed by atoms with Gasteiger partial charge in [-0.1, -0.05) is 35.9 Å². The fraction of sp³-hybridized carbons (Fsp3) is 0.158. The number of ether oxygens (including phenoxy) is 2. The number of halogens is 2. The van der Waals surface area contributed by atoms with E-state index in [1.807, 2.05) is 0 Å². The maximum atomic E-state index is 13.4. The first-order valence-corrected chi connectivity index (χ1v) is 10.1. The number of ketones is 1. The predicted molar refractivity (Wildman–Crippen MR) is 100 cm³/mol. The van der Waals surface area contributed by atoms with Gasteiger partial charge in [0.25, 0.3) is 21.7 Å². The Balaban J connectivity index is 2.05. The van der Waals surface area contributed by atoms with Crippen LogP contribution in [0.1, 0.15) is 19.4 Å². The molecule has 0 amide bonds. The van der Waals surface area contributed by atoms with Gasteiger partial charge in [0.15, 0.2) is 0 Å². The molecule has 10 heteroatoms. The summed E-state index contributed by atoms with van der Waals surface area (Å²) < 4.78 is 51.3. The molecule has 1 N–H and O–H groups in total. The van der Waals surface area contributed by atoms with Crippen LogP contribution >= 0.6 is 11.6 Å². The monoisotopic (exact) mass is 439 g/mol. The molecule has 1 heterocycles. The van der Waals surface area contributed by atoms with E-state index in [0.717, 1.165) is 19.1 Å². The van der Waals surface area contributed by atoms with Crippen LogP contribution in [-0.4, -0.2) is 20.2 Å². The zero-order valence-corrected chi connectivity index (χ0v) is 16.8. The molecule has 1 unspecified atom stereocenters. The van der Waals surface area contributed by atoms with Crippen LogP contribution in [-0.2, 0) is 34.7 Å². The summed E-state index contributed by atoms with van der Waals surface area (Å²) in [5.41, 5.74) is -1.77. The number of carbonyl (C=O) groups is 2. The highest BCUT2D eigenvalue weighted by Crippen LogP contribution is 2.41. The zero-order valence-electron chi connectivity index (χ0n) is 15.2. The molecule has 2 aromatic rings. The second-order valence-corrected chi connectivity index (χ2v) is 8.35. The number of sulfonamides is 1. The standard InChI is InChI=1S/C19H15ClFNO6S/c1-11(23)27-16-17(24)19(2,14-9-8-12(21)10-15(14)20)28-18(16)22-29(25,26)13-6-4-3-5-7-13/h3-10,22H,1-2H3. The van der Waals surface area contributed by atoms with Gasteiger partial charge in [0.05, 0.1) is 9.92 Å². The lowest BCUT2D eigenvalue weighted by Gasteiger charge is -2.24. The summed E-state index contributed by atoms with van der Waals surface area (Å²) in [7, 11) is -4.15. The normalized spacial score (nSPS) is 19.1. The van der Waals surface area contributed by atoms with E-state index in [1.54, 1.807) is 6.07 Å². The molecule has 0 aromatic heterocycles. The first-order chi connectivity index (χ1) is 13.5. The average molecular weight is 440 g/mol.